The number of rotatable bonds is 3. The lowest BCUT2D eigenvalue weighted by Gasteiger charge is -2.25. The molecule has 0 radical (unpaired) electrons. The Hall–Kier alpha value is -2.29. The van der Waals surface area contributed by atoms with Gasteiger partial charge in [-0.25, -0.2) is 17.9 Å². The topological polar surface area (TPSA) is 101 Å². The van der Waals surface area contributed by atoms with Gasteiger partial charge >= 0.3 is 0 Å². The highest BCUT2D eigenvalue weighted by atomic mass is 32.2. The van der Waals surface area contributed by atoms with Gasteiger partial charge < -0.3 is 10.0 Å². The monoisotopic (exact) mass is 378 g/mol. The van der Waals surface area contributed by atoms with Gasteiger partial charge in [0.15, 0.2) is 0 Å². The van der Waals surface area contributed by atoms with Crippen molar-refractivity contribution in [3.63, 3.8) is 0 Å². The molecule has 1 heterocycles. The van der Waals surface area contributed by atoms with Crippen LogP contribution in [0.5, 0.6) is 0 Å². The molecule has 2 aromatic rings. The quantitative estimate of drug-likeness (QED) is 0.845. The Morgan fingerprint density at radius 2 is 1.96 bits per heavy atom. The lowest BCUT2D eigenvalue weighted by molar-refractivity contribution is 0.0411. The zero-order chi connectivity index (χ0) is 19.1. The van der Waals surface area contributed by atoms with Crippen molar-refractivity contribution in [3.8, 4) is 0 Å². The first-order valence-corrected chi connectivity index (χ1v) is 9.56. The molecule has 3 N–H and O–H groups in total. The minimum absolute atomic E-state index is 0.00424. The number of nitrogens with zero attached hydrogens (tertiary/aromatic N) is 1. The van der Waals surface area contributed by atoms with Gasteiger partial charge in [-0.1, -0.05) is 24.3 Å². The molecule has 0 aliphatic carbocycles. The van der Waals surface area contributed by atoms with Crippen molar-refractivity contribution in [1.29, 1.82) is 0 Å². The number of aryl methyl sites for hydroxylation is 1. The number of aliphatic hydroxyl groups is 1. The Bertz CT molecular complexity index is 977. The van der Waals surface area contributed by atoms with E-state index in [1.807, 2.05) is 19.1 Å². The Morgan fingerprint density at radius 1 is 1.27 bits per heavy atom. The minimum Gasteiger partial charge on any atom is -0.383 e. The summed E-state index contributed by atoms with van der Waals surface area (Å²) in [6.07, 6.45) is 0.306. The smallest absolute Gasteiger partial charge is 0.256 e. The van der Waals surface area contributed by atoms with E-state index in [-0.39, 0.29) is 23.5 Å². The van der Waals surface area contributed by atoms with Crippen LogP contribution in [0.3, 0.4) is 0 Å². The van der Waals surface area contributed by atoms with Crippen LogP contribution in [0.1, 0.15) is 27.9 Å². The number of amides is 1. The molecule has 2 aromatic carbocycles. The first-order valence-electron chi connectivity index (χ1n) is 8.02. The summed E-state index contributed by atoms with van der Waals surface area (Å²) in [6, 6.07) is 10.2. The van der Waals surface area contributed by atoms with E-state index in [0.29, 0.717) is 12.0 Å². The number of benzene rings is 2. The summed E-state index contributed by atoms with van der Waals surface area (Å²) in [5.74, 6) is -1.52. The highest BCUT2D eigenvalue weighted by Crippen LogP contribution is 2.34. The molecule has 8 heteroatoms. The third kappa shape index (κ3) is 3.35. The zero-order valence-electron chi connectivity index (χ0n) is 14.1. The Balaban J connectivity index is 1.90. The van der Waals surface area contributed by atoms with Crippen molar-refractivity contribution in [3.05, 3.63) is 65.0 Å². The molecular weight excluding hydrogens is 359 g/mol. The van der Waals surface area contributed by atoms with Crippen LogP contribution >= 0.6 is 0 Å². The van der Waals surface area contributed by atoms with E-state index in [9.17, 15) is 22.7 Å². The fourth-order valence-electron chi connectivity index (χ4n) is 3.30. The van der Waals surface area contributed by atoms with Gasteiger partial charge in [0.1, 0.15) is 11.4 Å². The Kier molecular flexibility index (Phi) is 4.60. The number of β-amino-alcohol motifs (C(OH)–C–C–N with tert-alkyl or cyclic N) is 1. The maximum atomic E-state index is 14.1. The van der Waals surface area contributed by atoms with Gasteiger partial charge in [-0.2, -0.15) is 0 Å². The Labute approximate surface area is 151 Å². The van der Waals surface area contributed by atoms with Crippen molar-refractivity contribution in [2.24, 2.45) is 5.14 Å². The van der Waals surface area contributed by atoms with Crippen molar-refractivity contribution >= 4 is 15.9 Å². The minimum atomic E-state index is -4.06. The molecule has 138 valence electrons. The second-order valence-corrected chi connectivity index (χ2v) is 8.07. The maximum Gasteiger partial charge on any atom is 0.256 e. The van der Waals surface area contributed by atoms with Gasteiger partial charge in [-0.05, 0) is 42.7 Å². The summed E-state index contributed by atoms with van der Waals surface area (Å²) >= 11 is 0. The predicted molar refractivity (Wildman–Crippen MR) is 93.4 cm³/mol. The van der Waals surface area contributed by atoms with Gasteiger partial charge in [0.05, 0.1) is 17.0 Å². The molecule has 26 heavy (non-hydrogen) atoms. The molecule has 1 amide bonds. The van der Waals surface area contributed by atoms with Gasteiger partial charge in [0.2, 0.25) is 10.0 Å². The average molecular weight is 378 g/mol. The van der Waals surface area contributed by atoms with Crippen molar-refractivity contribution in [1.82, 2.24) is 4.90 Å². The predicted octanol–water partition coefficient (Wildman–Crippen LogP) is 1.52. The molecule has 1 saturated heterocycles. The second kappa shape index (κ2) is 6.46. The lowest BCUT2D eigenvalue weighted by Crippen LogP contribution is -2.35. The number of likely N-dealkylation sites (tertiary alicyclic amines) is 1. The lowest BCUT2D eigenvalue weighted by atomic mass is 9.89. The number of hydrogen-bond donors (Lipinski definition) is 2. The first kappa shape index (κ1) is 18.5. The molecule has 1 aliphatic heterocycles. The fourth-order valence-corrected chi connectivity index (χ4v) is 3.84. The Morgan fingerprint density at radius 3 is 2.62 bits per heavy atom. The SMILES string of the molecule is Cc1ccccc1C1(O)CCN(C(=O)c2cc(S(N)(=O)=O)ccc2F)C1. The summed E-state index contributed by atoms with van der Waals surface area (Å²) < 4.78 is 37.0. The average Bonchev–Trinajstić information content (AvgIpc) is 2.97. The summed E-state index contributed by atoms with van der Waals surface area (Å²) in [6.45, 7) is 2.09. The molecule has 6 nitrogen and oxygen atoms in total. The summed E-state index contributed by atoms with van der Waals surface area (Å²) in [5.41, 5.74) is 0.000924. The van der Waals surface area contributed by atoms with E-state index in [1.165, 1.54) is 4.90 Å². The van der Waals surface area contributed by atoms with Gasteiger partial charge in [0, 0.05) is 6.54 Å². The van der Waals surface area contributed by atoms with E-state index in [1.54, 1.807) is 12.1 Å². The van der Waals surface area contributed by atoms with E-state index in [4.69, 9.17) is 5.14 Å². The molecule has 0 spiro atoms. The van der Waals surface area contributed by atoms with Crippen molar-refractivity contribution in [2.75, 3.05) is 13.1 Å². The molecule has 0 bridgehead atoms. The molecule has 1 unspecified atom stereocenters. The van der Waals surface area contributed by atoms with Gasteiger partial charge in [-0.3, -0.25) is 4.79 Å². The number of nitrogens with two attached hydrogens (primary N) is 1. The molecule has 0 saturated carbocycles. The summed E-state index contributed by atoms with van der Waals surface area (Å²) in [7, 11) is -4.06. The van der Waals surface area contributed by atoms with Gasteiger partial charge in [-0.15, -0.1) is 0 Å². The van der Waals surface area contributed by atoms with E-state index < -0.39 is 27.3 Å². The standard InChI is InChI=1S/C18H19FN2O4S/c1-12-4-2-3-5-15(12)18(23)8-9-21(11-18)17(22)14-10-13(26(20,24)25)6-7-16(14)19/h2-7,10,23H,8-9,11H2,1H3,(H2,20,24,25). The first-order chi connectivity index (χ1) is 12.1. The molecule has 3 rings (SSSR count). The second-order valence-electron chi connectivity index (χ2n) is 6.51. The highest BCUT2D eigenvalue weighted by Gasteiger charge is 2.41. The number of halogens is 1. The van der Waals surface area contributed by atoms with E-state index in [2.05, 4.69) is 0 Å². The number of hydrogen-bond acceptors (Lipinski definition) is 4. The van der Waals surface area contributed by atoms with E-state index in [0.717, 1.165) is 23.8 Å². The van der Waals surface area contributed by atoms with Crippen LogP contribution in [0, 0.1) is 12.7 Å². The van der Waals surface area contributed by atoms with Crippen LogP contribution in [0.4, 0.5) is 4.39 Å². The fraction of sp³-hybridized carbons (Fsp3) is 0.278. The van der Waals surface area contributed by atoms with Crippen LogP contribution in [-0.4, -0.2) is 37.4 Å². The van der Waals surface area contributed by atoms with Crippen molar-refractivity contribution in [2.45, 2.75) is 23.8 Å². The van der Waals surface area contributed by atoms with Crippen LogP contribution < -0.4 is 5.14 Å². The molecular formula is C18H19FN2O4S. The molecule has 1 aliphatic rings. The number of carbonyl (C=O) groups excluding carboxylic acids is 1. The normalized spacial score (nSPS) is 20.4. The van der Waals surface area contributed by atoms with Crippen LogP contribution in [0.15, 0.2) is 47.4 Å². The number of primary sulfonamides is 1. The van der Waals surface area contributed by atoms with Crippen LogP contribution in [-0.2, 0) is 15.6 Å². The summed E-state index contributed by atoms with van der Waals surface area (Å²) in [5, 5.41) is 16.0. The zero-order valence-corrected chi connectivity index (χ0v) is 15.0. The number of carbonyl (C=O) groups is 1. The third-order valence-corrected chi connectivity index (χ3v) is 5.59. The third-order valence-electron chi connectivity index (χ3n) is 4.68. The van der Waals surface area contributed by atoms with Crippen LogP contribution in [0.25, 0.3) is 0 Å². The number of sulfonamides is 1. The largest absolute Gasteiger partial charge is 0.383 e. The summed E-state index contributed by atoms with van der Waals surface area (Å²) in [4.78, 5) is 13.7. The van der Waals surface area contributed by atoms with Crippen LogP contribution in [0.2, 0.25) is 0 Å². The molecule has 1 fully saturated rings. The maximum absolute atomic E-state index is 14.1. The van der Waals surface area contributed by atoms with Crippen molar-refractivity contribution < 1.29 is 22.7 Å². The molecule has 1 atom stereocenters. The molecule has 0 aromatic heterocycles. The highest BCUT2D eigenvalue weighted by molar-refractivity contribution is 7.89. The van der Waals surface area contributed by atoms with Gasteiger partial charge in [0.25, 0.3) is 5.91 Å². The van der Waals surface area contributed by atoms with E-state index >= 15 is 0 Å².